The monoisotopic (exact) mass is 510 g/mol. The highest BCUT2D eigenvalue weighted by molar-refractivity contribution is 7.14. The largest absolute Gasteiger partial charge is 0.397 e. The average Bonchev–Trinajstić information content (AvgIpc) is 3.38. The summed E-state index contributed by atoms with van der Waals surface area (Å²) in [5.74, 6) is 0.442. The number of nitrogen functional groups attached to an aromatic ring is 2. The minimum atomic E-state index is -0.282. The number of hydrogen-bond acceptors (Lipinski definition) is 10. The van der Waals surface area contributed by atoms with Gasteiger partial charge in [-0.3, -0.25) is 14.7 Å². The fourth-order valence-electron chi connectivity index (χ4n) is 4.16. The van der Waals surface area contributed by atoms with Gasteiger partial charge in [0.05, 0.1) is 29.7 Å². The third kappa shape index (κ3) is 6.48. The SMILES string of the molecule is CC[C@H](CO)Nc1nc(C(=O)NCC2CCN(Cc3cnc(-c4ccccn4)s3)CC2)cc(N)c1N. The second kappa shape index (κ2) is 12.1. The highest BCUT2D eigenvalue weighted by Gasteiger charge is 2.22. The summed E-state index contributed by atoms with van der Waals surface area (Å²) in [5, 5.41) is 16.5. The molecule has 0 spiro atoms. The number of carbonyl (C=O) groups is 1. The van der Waals surface area contributed by atoms with Crippen LogP contribution < -0.4 is 22.1 Å². The van der Waals surface area contributed by atoms with E-state index < -0.39 is 0 Å². The lowest BCUT2D eigenvalue weighted by molar-refractivity contribution is 0.0930. The predicted octanol–water partition coefficient (Wildman–Crippen LogP) is 2.59. The average molecular weight is 511 g/mol. The summed E-state index contributed by atoms with van der Waals surface area (Å²) >= 11 is 1.68. The van der Waals surface area contributed by atoms with Gasteiger partial charge in [-0.15, -0.1) is 11.3 Å². The van der Waals surface area contributed by atoms with Crippen LogP contribution in [-0.4, -0.2) is 63.1 Å². The zero-order chi connectivity index (χ0) is 25.5. The Bertz CT molecular complexity index is 1140. The van der Waals surface area contributed by atoms with Gasteiger partial charge in [-0.1, -0.05) is 13.0 Å². The molecular weight excluding hydrogens is 476 g/mol. The normalized spacial score (nSPS) is 15.5. The number of nitrogens with two attached hydrogens (primary N) is 2. The number of aliphatic hydroxyl groups excluding tert-OH is 1. The summed E-state index contributed by atoms with van der Waals surface area (Å²) in [6, 6.07) is 7.13. The van der Waals surface area contributed by atoms with Gasteiger partial charge in [0.15, 0.2) is 5.82 Å². The highest BCUT2D eigenvalue weighted by atomic mass is 32.1. The molecule has 192 valence electrons. The van der Waals surface area contributed by atoms with Crippen molar-refractivity contribution in [2.24, 2.45) is 5.92 Å². The molecule has 1 aliphatic rings. The molecule has 0 unspecified atom stereocenters. The second-order valence-electron chi connectivity index (χ2n) is 9.07. The standard InChI is InChI=1S/C25H34N8O2S/c1-2-17(15-34)31-23-22(27)19(26)11-21(32-23)24(35)29-12-16-6-9-33(10-7-16)14-18-13-30-25(36-18)20-5-3-4-8-28-20/h3-5,8,11,13,16-17,34H,2,6-7,9-10,12,14-15,27H2,1H3,(H,29,35)(H3,26,31,32)/t17-/m1/s1. The van der Waals surface area contributed by atoms with Crippen molar-refractivity contribution in [2.45, 2.75) is 38.8 Å². The molecule has 1 atom stereocenters. The maximum absolute atomic E-state index is 12.8. The summed E-state index contributed by atoms with van der Waals surface area (Å²) in [7, 11) is 0. The molecule has 1 amide bonds. The number of carbonyl (C=O) groups excluding carboxylic acids is 1. The van der Waals surface area contributed by atoms with Gasteiger partial charge in [0.1, 0.15) is 10.7 Å². The van der Waals surface area contributed by atoms with Crippen LogP contribution in [0.15, 0.2) is 36.7 Å². The van der Waals surface area contributed by atoms with Crippen molar-refractivity contribution >= 4 is 34.4 Å². The van der Waals surface area contributed by atoms with Crippen LogP contribution in [0.4, 0.5) is 17.2 Å². The molecule has 0 bridgehead atoms. The van der Waals surface area contributed by atoms with E-state index >= 15 is 0 Å². The molecule has 4 rings (SSSR count). The predicted molar refractivity (Wildman–Crippen MR) is 144 cm³/mol. The first-order valence-corrected chi connectivity index (χ1v) is 13.1. The quantitative estimate of drug-likeness (QED) is 0.277. The van der Waals surface area contributed by atoms with Gasteiger partial charge in [0, 0.05) is 30.4 Å². The van der Waals surface area contributed by atoms with Gasteiger partial charge in [0.25, 0.3) is 5.91 Å². The number of aromatic nitrogens is 3. The van der Waals surface area contributed by atoms with Crippen LogP contribution in [-0.2, 0) is 6.54 Å². The third-order valence-corrected chi connectivity index (χ3v) is 7.46. The fraction of sp³-hybridized carbons (Fsp3) is 0.440. The summed E-state index contributed by atoms with van der Waals surface area (Å²) < 4.78 is 0. The number of nitrogens with zero attached hydrogens (tertiary/aromatic N) is 4. The highest BCUT2D eigenvalue weighted by Crippen LogP contribution is 2.27. The van der Waals surface area contributed by atoms with Crippen LogP contribution in [0.5, 0.6) is 0 Å². The molecule has 3 aromatic heterocycles. The van der Waals surface area contributed by atoms with Crippen molar-refractivity contribution in [1.29, 1.82) is 0 Å². The lowest BCUT2D eigenvalue weighted by atomic mass is 9.96. The minimum absolute atomic E-state index is 0.0684. The van der Waals surface area contributed by atoms with Gasteiger partial charge in [-0.25, -0.2) is 9.97 Å². The van der Waals surface area contributed by atoms with E-state index in [2.05, 4.69) is 30.5 Å². The topological polar surface area (TPSA) is 155 Å². The van der Waals surface area contributed by atoms with Crippen LogP contribution in [0.1, 0.15) is 41.6 Å². The Balaban J connectivity index is 1.26. The molecule has 10 nitrogen and oxygen atoms in total. The zero-order valence-electron chi connectivity index (χ0n) is 20.5. The first-order chi connectivity index (χ1) is 17.5. The summed E-state index contributed by atoms with van der Waals surface area (Å²) in [6.45, 7) is 5.27. The van der Waals surface area contributed by atoms with Crippen molar-refractivity contribution in [2.75, 3.05) is 43.0 Å². The number of amides is 1. The number of piperidine rings is 1. The number of nitrogens with one attached hydrogen (secondary N) is 2. The van der Waals surface area contributed by atoms with Gasteiger partial charge < -0.3 is 27.2 Å². The Hall–Kier alpha value is -3.28. The second-order valence-corrected chi connectivity index (χ2v) is 10.2. The van der Waals surface area contributed by atoms with E-state index in [0.717, 1.165) is 43.2 Å². The Morgan fingerprint density at radius 1 is 1.28 bits per heavy atom. The molecule has 1 saturated heterocycles. The molecule has 0 aromatic carbocycles. The number of likely N-dealkylation sites (tertiary alicyclic amines) is 1. The maximum atomic E-state index is 12.8. The van der Waals surface area contributed by atoms with E-state index in [1.54, 1.807) is 17.5 Å². The Kier molecular flexibility index (Phi) is 8.68. The van der Waals surface area contributed by atoms with Crippen LogP contribution in [0.25, 0.3) is 10.7 Å². The molecule has 36 heavy (non-hydrogen) atoms. The van der Waals surface area contributed by atoms with Gasteiger partial charge in [-0.2, -0.15) is 0 Å². The van der Waals surface area contributed by atoms with Crippen molar-refractivity contribution in [3.8, 4) is 10.7 Å². The van der Waals surface area contributed by atoms with Crippen LogP contribution in [0.2, 0.25) is 0 Å². The Labute approximate surface area is 215 Å². The molecule has 0 saturated carbocycles. The summed E-state index contributed by atoms with van der Waals surface area (Å²) in [4.78, 5) is 29.7. The molecule has 1 fully saturated rings. The maximum Gasteiger partial charge on any atom is 0.270 e. The van der Waals surface area contributed by atoms with E-state index in [1.165, 1.54) is 10.9 Å². The molecule has 0 radical (unpaired) electrons. The van der Waals surface area contributed by atoms with Crippen LogP contribution in [0, 0.1) is 5.92 Å². The van der Waals surface area contributed by atoms with E-state index in [0.29, 0.717) is 24.7 Å². The Morgan fingerprint density at radius 2 is 2.08 bits per heavy atom. The summed E-state index contributed by atoms with van der Waals surface area (Å²) in [6.07, 6.45) is 6.42. The number of aliphatic hydroxyl groups is 1. The number of rotatable bonds is 10. The third-order valence-electron chi connectivity index (χ3n) is 6.45. The Morgan fingerprint density at radius 3 is 2.78 bits per heavy atom. The molecular formula is C25H34N8O2S. The summed E-state index contributed by atoms with van der Waals surface area (Å²) in [5.41, 5.74) is 13.7. The van der Waals surface area contributed by atoms with Gasteiger partial charge >= 0.3 is 0 Å². The first kappa shape index (κ1) is 25.8. The first-order valence-electron chi connectivity index (χ1n) is 12.3. The number of thiazole rings is 1. The smallest absolute Gasteiger partial charge is 0.270 e. The van der Waals surface area contributed by atoms with Crippen LogP contribution in [0.3, 0.4) is 0 Å². The number of pyridine rings is 2. The number of anilines is 3. The van der Waals surface area contributed by atoms with E-state index in [1.807, 2.05) is 31.3 Å². The van der Waals surface area contributed by atoms with Crippen LogP contribution >= 0.6 is 11.3 Å². The zero-order valence-corrected chi connectivity index (χ0v) is 21.3. The van der Waals surface area contributed by atoms with E-state index in [-0.39, 0.29) is 35.6 Å². The lowest BCUT2D eigenvalue weighted by Gasteiger charge is -2.31. The van der Waals surface area contributed by atoms with Crippen molar-refractivity contribution in [3.05, 3.63) is 47.2 Å². The van der Waals surface area contributed by atoms with E-state index in [4.69, 9.17) is 11.5 Å². The lowest BCUT2D eigenvalue weighted by Crippen LogP contribution is -2.38. The molecule has 1 aliphatic heterocycles. The van der Waals surface area contributed by atoms with E-state index in [9.17, 15) is 9.90 Å². The van der Waals surface area contributed by atoms with Gasteiger partial charge in [0.2, 0.25) is 0 Å². The molecule has 4 heterocycles. The van der Waals surface area contributed by atoms with Crippen molar-refractivity contribution in [3.63, 3.8) is 0 Å². The van der Waals surface area contributed by atoms with Gasteiger partial charge in [-0.05, 0) is 56.5 Å². The van der Waals surface area contributed by atoms with Crippen molar-refractivity contribution < 1.29 is 9.90 Å². The molecule has 7 N–H and O–H groups in total. The molecule has 0 aliphatic carbocycles. The fourth-order valence-corrected chi connectivity index (χ4v) is 5.09. The minimum Gasteiger partial charge on any atom is -0.397 e. The molecule has 11 heteroatoms. The van der Waals surface area contributed by atoms with Crippen molar-refractivity contribution in [1.82, 2.24) is 25.2 Å². The number of hydrogen-bond donors (Lipinski definition) is 5. The molecule has 3 aromatic rings.